The molecule has 0 spiro atoms. The summed E-state index contributed by atoms with van der Waals surface area (Å²) in [5.74, 6) is -4.91. The van der Waals surface area contributed by atoms with Crippen LogP contribution in [0.4, 0.5) is 0 Å². The smallest absolute Gasteiger partial charge is 0.322 e. The van der Waals surface area contributed by atoms with Gasteiger partial charge in [0, 0.05) is 6.54 Å². The third-order valence-corrected chi connectivity index (χ3v) is 4.00. The first-order chi connectivity index (χ1) is 14.3. The quantitative estimate of drug-likeness (QED) is 0.0737. The van der Waals surface area contributed by atoms with Gasteiger partial charge in [-0.15, -0.1) is 0 Å². The number of nitrogens with two attached hydrogens (primary N) is 4. The van der Waals surface area contributed by atoms with Crippen molar-refractivity contribution in [2.75, 3.05) is 13.1 Å². The number of carboxylic acid groups (broad SMARTS) is 1. The zero-order valence-electron chi connectivity index (χ0n) is 17.6. The minimum atomic E-state index is -1.37. The van der Waals surface area contributed by atoms with Crippen molar-refractivity contribution in [3.8, 4) is 0 Å². The highest BCUT2D eigenvalue weighted by atomic mass is 16.4. The van der Waals surface area contributed by atoms with Crippen molar-refractivity contribution >= 4 is 35.6 Å². The lowest BCUT2D eigenvalue weighted by molar-refractivity contribution is -0.139. The first-order valence-electron chi connectivity index (χ1n) is 9.54. The van der Waals surface area contributed by atoms with E-state index in [-0.39, 0.29) is 18.9 Å². The molecule has 3 unspecified atom stereocenters. The van der Waals surface area contributed by atoms with Crippen LogP contribution in [0.15, 0.2) is 4.99 Å². The van der Waals surface area contributed by atoms with E-state index >= 15 is 0 Å². The van der Waals surface area contributed by atoms with E-state index in [0.29, 0.717) is 6.42 Å². The Labute approximate surface area is 179 Å². The molecule has 12 N–H and O–H groups in total. The van der Waals surface area contributed by atoms with Crippen LogP contribution in [0.3, 0.4) is 0 Å². The van der Waals surface area contributed by atoms with Gasteiger partial charge in [0.2, 0.25) is 23.6 Å². The van der Waals surface area contributed by atoms with Crippen molar-refractivity contribution in [1.29, 1.82) is 0 Å². The molecule has 0 aliphatic rings. The highest BCUT2D eigenvalue weighted by Crippen LogP contribution is 2.04. The Morgan fingerprint density at radius 3 is 2.06 bits per heavy atom. The fourth-order valence-electron chi connectivity index (χ4n) is 2.40. The second-order valence-corrected chi connectivity index (χ2v) is 7.13. The van der Waals surface area contributed by atoms with Crippen LogP contribution in [-0.4, -0.2) is 71.9 Å². The molecular weight excluding hydrogens is 412 g/mol. The van der Waals surface area contributed by atoms with Crippen LogP contribution in [0, 0.1) is 5.92 Å². The zero-order chi connectivity index (χ0) is 24.1. The van der Waals surface area contributed by atoms with E-state index in [1.54, 1.807) is 13.8 Å². The molecule has 0 heterocycles. The van der Waals surface area contributed by atoms with Crippen molar-refractivity contribution < 1.29 is 29.1 Å². The molecule has 0 aromatic carbocycles. The highest BCUT2D eigenvalue weighted by molar-refractivity contribution is 5.95. The molecule has 0 rings (SSSR count). The van der Waals surface area contributed by atoms with E-state index in [1.807, 2.05) is 0 Å². The second-order valence-electron chi connectivity index (χ2n) is 7.13. The summed E-state index contributed by atoms with van der Waals surface area (Å²) in [6.07, 6.45) is 0.0813. The molecule has 0 fully saturated rings. The Kier molecular flexibility index (Phi) is 12.2. The maximum atomic E-state index is 12.6. The van der Waals surface area contributed by atoms with Gasteiger partial charge in [-0.3, -0.25) is 29.0 Å². The van der Waals surface area contributed by atoms with Crippen LogP contribution in [0.25, 0.3) is 0 Å². The minimum Gasteiger partial charge on any atom is -0.480 e. The van der Waals surface area contributed by atoms with Gasteiger partial charge in [0.15, 0.2) is 5.96 Å². The molecule has 0 bridgehead atoms. The lowest BCUT2D eigenvalue weighted by Gasteiger charge is -2.25. The van der Waals surface area contributed by atoms with Crippen molar-refractivity contribution in [2.24, 2.45) is 33.8 Å². The van der Waals surface area contributed by atoms with Gasteiger partial charge >= 0.3 is 5.97 Å². The average molecular weight is 444 g/mol. The second kappa shape index (κ2) is 13.7. The number of aliphatic carboxylic acids is 1. The number of carbonyl (C=O) groups is 5. The Morgan fingerprint density at radius 1 is 0.968 bits per heavy atom. The van der Waals surface area contributed by atoms with Gasteiger partial charge in [-0.2, -0.15) is 0 Å². The third kappa shape index (κ3) is 12.0. The van der Waals surface area contributed by atoms with E-state index in [9.17, 15) is 24.0 Å². The number of hydrogen-bond acceptors (Lipinski definition) is 7. The number of primary amides is 1. The van der Waals surface area contributed by atoms with E-state index in [1.165, 1.54) is 0 Å². The molecule has 0 aliphatic carbocycles. The summed E-state index contributed by atoms with van der Waals surface area (Å²) in [6, 6.07) is -3.48. The van der Waals surface area contributed by atoms with Gasteiger partial charge < -0.3 is 44.0 Å². The van der Waals surface area contributed by atoms with Crippen LogP contribution in [0.2, 0.25) is 0 Å². The summed E-state index contributed by atoms with van der Waals surface area (Å²) in [5.41, 5.74) is 21.3. The number of rotatable bonds is 14. The van der Waals surface area contributed by atoms with Gasteiger partial charge in [-0.1, -0.05) is 13.8 Å². The normalized spacial score (nSPS) is 13.4. The largest absolute Gasteiger partial charge is 0.480 e. The SMILES string of the molecule is CC(C)C(NC(=O)C(CC(N)=O)NC(=O)C(N)CCCN=C(N)N)C(=O)NCC(=O)O. The number of guanidine groups is 1. The Morgan fingerprint density at radius 2 is 1.58 bits per heavy atom. The molecule has 14 nitrogen and oxygen atoms in total. The maximum absolute atomic E-state index is 12.6. The van der Waals surface area contributed by atoms with Gasteiger partial charge in [0.25, 0.3) is 0 Å². The van der Waals surface area contributed by atoms with Crippen LogP contribution >= 0.6 is 0 Å². The van der Waals surface area contributed by atoms with Crippen LogP contribution in [0.5, 0.6) is 0 Å². The van der Waals surface area contributed by atoms with Crippen molar-refractivity contribution in [2.45, 2.75) is 51.2 Å². The van der Waals surface area contributed by atoms with E-state index in [0.717, 1.165) is 0 Å². The molecule has 0 saturated heterocycles. The fraction of sp³-hybridized carbons (Fsp3) is 0.647. The monoisotopic (exact) mass is 444 g/mol. The highest BCUT2D eigenvalue weighted by Gasteiger charge is 2.30. The molecule has 0 aliphatic heterocycles. The number of amides is 4. The first kappa shape index (κ1) is 27.6. The molecule has 0 radical (unpaired) electrons. The summed E-state index contributed by atoms with van der Waals surface area (Å²) in [6.45, 7) is 2.88. The number of hydrogen-bond donors (Lipinski definition) is 8. The van der Waals surface area contributed by atoms with Gasteiger partial charge in [0.05, 0.1) is 12.5 Å². The lowest BCUT2D eigenvalue weighted by atomic mass is 10.0. The van der Waals surface area contributed by atoms with Crippen molar-refractivity contribution in [3.05, 3.63) is 0 Å². The average Bonchev–Trinajstić information content (AvgIpc) is 2.65. The van der Waals surface area contributed by atoms with Crippen LogP contribution in [0.1, 0.15) is 33.1 Å². The molecule has 4 amide bonds. The van der Waals surface area contributed by atoms with Crippen LogP contribution in [-0.2, 0) is 24.0 Å². The Balaban J connectivity index is 5.09. The molecule has 0 aromatic rings. The number of nitrogens with zero attached hydrogens (tertiary/aromatic N) is 1. The summed E-state index contributed by atoms with van der Waals surface area (Å²) in [4.78, 5) is 62.8. The number of carbonyl (C=O) groups excluding carboxylic acids is 4. The molecule has 14 heteroatoms. The molecule has 31 heavy (non-hydrogen) atoms. The summed E-state index contributed by atoms with van der Waals surface area (Å²) in [5, 5.41) is 15.6. The van der Waals surface area contributed by atoms with Crippen LogP contribution < -0.4 is 38.9 Å². The van der Waals surface area contributed by atoms with Crippen molar-refractivity contribution in [1.82, 2.24) is 16.0 Å². The van der Waals surface area contributed by atoms with E-state index in [4.69, 9.17) is 28.0 Å². The number of aliphatic imine (C=N–C) groups is 1. The van der Waals surface area contributed by atoms with Gasteiger partial charge in [-0.25, -0.2) is 0 Å². The molecule has 3 atom stereocenters. The zero-order valence-corrected chi connectivity index (χ0v) is 17.6. The van der Waals surface area contributed by atoms with Crippen molar-refractivity contribution in [3.63, 3.8) is 0 Å². The minimum absolute atomic E-state index is 0.0942. The molecule has 0 saturated carbocycles. The number of carboxylic acids is 1. The topological polar surface area (TPSA) is 258 Å². The first-order valence-corrected chi connectivity index (χ1v) is 9.54. The molecule has 176 valence electrons. The standard InChI is InChI=1S/C17H32N8O6/c1-8(2)13(16(31)23-7-12(27)28)25-15(30)10(6-11(19)26)24-14(29)9(18)4-3-5-22-17(20)21/h8-10,13H,3-7,18H2,1-2H3,(H2,19,26)(H,23,31)(H,24,29)(H,25,30)(H,27,28)(H4,20,21,22). The van der Waals surface area contributed by atoms with E-state index < -0.39 is 66.6 Å². The Hall–Kier alpha value is -3.42. The fourth-order valence-corrected chi connectivity index (χ4v) is 2.40. The molecular formula is C17H32N8O6. The molecule has 0 aromatic heterocycles. The van der Waals surface area contributed by atoms with E-state index in [2.05, 4.69) is 20.9 Å². The summed E-state index contributed by atoms with van der Waals surface area (Å²) >= 11 is 0. The predicted molar refractivity (Wildman–Crippen MR) is 111 cm³/mol. The Bertz CT molecular complexity index is 692. The number of nitrogens with one attached hydrogen (secondary N) is 3. The third-order valence-electron chi connectivity index (χ3n) is 4.00. The summed E-state index contributed by atoms with van der Waals surface area (Å²) < 4.78 is 0. The summed E-state index contributed by atoms with van der Waals surface area (Å²) in [7, 11) is 0. The predicted octanol–water partition coefficient (Wildman–Crippen LogP) is -3.93. The van der Waals surface area contributed by atoms with Gasteiger partial charge in [0.1, 0.15) is 18.6 Å². The maximum Gasteiger partial charge on any atom is 0.322 e. The van der Waals surface area contributed by atoms with Gasteiger partial charge in [-0.05, 0) is 18.8 Å². The lowest BCUT2D eigenvalue weighted by Crippen LogP contribution is -2.58.